The molecule has 0 amide bonds. The van der Waals surface area contributed by atoms with Crippen LogP contribution in [0, 0.1) is 5.82 Å². The van der Waals surface area contributed by atoms with Crippen molar-refractivity contribution in [1.82, 2.24) is 25.1 Å². The van der Waals surface area contributed by atoms with Crippen LogP contribution in [-0.4, -0.2) is 25.1 Å². The van der Waals surface area contributed by atoms with E-state index in [1.54, 1.807) is 24.4 Å². The van der Waals surface area contributed by atoms with Gasteiger partial charge in [-0.3, -0.25) is 10.1 Å². The van der Waals surface area contributed by atoms with Gasteiger partial charge in [-0.05, 0) is 55.0 Å². The molecule has 1 aromatic carbocycles. The summed E-state index contributed by atoms with van der Waals surface area (Å²) in [6.07, 6.45) is 11.2. The minimum Gasteiger partial charge on any atom is -0.353 e. The summed E-state index contributed by atoms with van der Waals surface area (Å²) in [6, 6.07) is 12.4. The third kappa shape index (κ3) is 3.41. The lowest BCUT2D eigenvalue weighted by molar-refractivity contribution is 0.628. The van der Waals surface area contributed by atoms with E-state index in [0.29, 0.717) is 5.65 Å². The summed E-state index contributed by atoms with van der Waals surface area (Å²) >= 11 is 0. The predicted octanol–water partition coefficient (Wildman–Crippen LogP) is 6.45. The van der Waals surface area contributed by atoms with Gasteiger partial charge in [-0.2, -0.15) is 5.10 Å². The Morgan fingerprint density at radius 3 is 2.69 bits per heavy atom. The number of aromatic nitrogens is 5. The molecule has 5 rings (SSSR count). The quantitative estimate of drug-likeness (QED) is 0.320. The number of nitrogens with one attached hydrogen (secondary N) is 2. The topological polar surface area (TPSA) is 70.2 Å². The lowest BCUT2D eigenvalue weighted by Crippen LogP contribution is -1.85. The van der Waals surface area contributed by atoms with Gasteiger partial charge in [0.15, 0.2) is 5.65 Å². The van der Waals surface area contributed by atoms with E-state index < -0.39 is 0 Å². The summed E-state index contributed by atoms with van der Waals surface area (Å²) in [5.74, 6) is -0.272. The van der Waals surface area contributed by atoms with Crippen molar-refractivity contribution < 1.29 is 4.39 Å². The molecular formula is C26H20FN5. The fraction of sp³-hybridized carbons (Fsp3) is 0.0385. The van der Waals surface area contributed by atoms with E-state index in [1.807, 2.05) is 43.5 Å². The second kappa shape index (κ2) is 8.07. The Balaban J connectivity index is 1.64. The SMILES string of the molecule is C=C/C=C\C(=C/C)c1cnc2n[nH]c(-c3cc4c(-c5ccc(F)cc5)nccc4[nH]3)c2c1. The summed E-state index contributed by atoms with van der Waals surface area (Å²) in [7, 11) is 0. The Kier molecular flexibility index (Phi) is 4.95. The maximum Gasteiger partial charge on any atom is 0.181 e. The molecule has 0 aliphatic rings. The van der Waals surface area contributed by atoms with Gasteiger partial charge in [-0.25, -0.2) is 9.37 Å². The van der Waals surface area contributed by atoms with Crippen molar-refractivity contribution in [3.8, 4) is 22.6 Å². The molecule has 0 atom stereocenters. The lowest BCUT2D eigenvalue weighted by atomic mass is 10.0. The zero-order valence-electron chi connectivity index (χ0n) is 17.4. The number of hydrogen-bond acceptors (Lipinski definition) is 3. The first-order chi connectivity index (χ1) is 15.7. The minimum absolute atomic E-state index is 0.272. The standard InChI is InChI=1S/C26H20FN5/c1-3-5-6-16(4-2)18-13-21-25(31-32-26(21)29-15-18)23-14-20-22(30-23)11-12-28-24(20)17-7-9-19(27)10-8-17/h3-15,30H,1H2,2H3,(H,29,31,32)/b6-5-,16-4+. The number of benzene rings is 1. The first kappa shape index (κ1) is 19.6. The van der Waals surface area contributed by atoms with Crippen LogP contribution in [0.1, 0.15) is 12.5 Å². The van der Waals surface area contributed by atoms with Gasteiger partial charge in [0.2, 0.25) is 0 Å². The minimum atomic E-state index is -0.272. The highest BCUT2D eigenvalue weighted by Gasteiger charge is 2.15. The van der Waals surface area contributed by atoms with Crippen LogP contribution >= 0.6 is 0 Å². The number of pyridine rings is 2. The van der Waals surface area contributed by atoms with Gasteiger partial charge in [0.05, 0.1) is 17.1 Å². The van der Waals surface area contributed by atoms with Crippen molar-refractivity contribution in [2.45, 2.75) is 6.92 Å². The normalized spacial score (nSPS) is 12.2. The first-order valence-corrected chi connectivity index (χ1v) is 10.2. The van der Waals surface area contributed by atoms with E-state index in [4.69, 9.17) is 0 Å². The fourth-order valence-electron chi connectivity index (χ4n) is 3.82. The van der Waals surface area contributed by atoms with Gasteiger partial charge in [-0.1, -0.05) is 30.9 Å². The number of rotatable bonds is 5. The highest BCUT2D eigenvalue weighted by atomic mass is 19.1. The monoisotopic (exact) mass is 421 g/mol. The van der Waals surface area contributed by atoms with Crippen LogP contribution in [0.5, 0.6) is 0 Å². The molecule has 2 N–H and O–H groups in total. The van der Waals surface area contributed by atoms with Crippen molar-refractivity contribution in [3.05, 3.63) is 97.1 Å². The first-order valence-electron chi connectivity index (χ1n) is 10.2. The molecule has 0 unspecified atom stereocenters. The van der Waals surface area contributed by atoms with Crippen molar-refractivity contribution in [3.63, 3.8) is 0 Å². The molecule has 6 heteroatoms. The van der Waals surface area contributed by atoms with Crippen molar-refractivity contribution in [2.75, 3.05) is 0 Å². The average Bonchev–Trinajstić information content (AvgIpc) is 3.43. The average molecular weight is 421 g/mol. The smallest absolute Gasteiger partial charge is 0.181 e. The maximum atomic E-state index is 13.4. The molecule has 0 aliphatic carbocycles. The number of aromatic amines is 2. The molecule has 5 nitrogen and oxygen atoms in total. The second-order valence-corrected chi connectivity index (χ2v) is 7.34. The highest BCUT2D eigenvalue weighted by molar-refractivity contribution is 5.99. The lowest BCUT2D eigenvalue weighted by Gasteiger charge is -2.02. The van der Waals surface area contributed by atoms with Gasteiger partial charge in [0.25, 0.3) is 0 Å². The molecular weight excluding hydrogens is 401 g/mol. The number of allylic oxidation sites excluding steroid dienone is 5. The number of nitrogens with zero attached hydrogens (tertiary/aromatic N) is 3. The van der Waals surface area contributed by atoms with Crippen LogP contribution in [0.2, 0.25) is 0 Å². The summed E-state index contributed by atoms with van der Waals surface area (Å²) in [6.45, 7) is 5.73. The zero-order chi connectivity index (χ0) is 22.1. The van der Waals surface area contributed by atoms with Crippen LogP contribution in [0.15, 0.2) is 85.7 Å². The Morgan fingerprint density at radius 2 is 1.91 bits per heavy atom. The molecule has 4 aromatic heterocycles. The summed E-state index contributed by atoms with van der Waals surface area (Å²) in [4.78, 5) is 12.5. The molecule has 0 aliphatic heterocycles. The largest absolute Gasteiger partial charge is 0.353 e. The molecule has 0 spiro atoms. The van der Waals surface area contributed by atoms with Gasteiger partial charge in [-0.15, -0.1) is 0 Å². The third-order valence-corrected chi connectivity index (χ3v) is 5.40. The molecule has 156 valence electrons. The maximum absolute atomic E-state index is 13.4. The van der Waals surface area contributed by atoms with Gasteiger partial charge < -0.3 is 4.98 Å². The van der Waals surface area contributed by atoms with Gasteiger partial charge in [0.1, 0.15) is 5.82 Å². The Morgan fingerprint density at radius 1 is 1.06 bits per heavy atom. The Hall–Kier alpha value is -4.32. The zero-order valence-corrected chi connectivity index (χ0v) is 17.4. The van der Waals surface area contributed by atoms with E-state index >= 15 is 0 Å². The van der Waals surface area contributed by atoms with E-state index in [9.17, 15) is 4.39 Å². The number of hydrogen-bond donors (Lipinski definition) is 2. The van der Waals surface area contributed by atoms with Crippen molar-refractivity contribution in [1.29, 1.82) is 0 Å². The van der Waals surface area contributed by atoms with Crippen LogP contribution < -0.4 is 0 Å². The summed E-state index contributed by atoms with van der Waals surface area (Å²) in [5, 5.41) is 9.36. The van der Waals surface area contributed by atoms with Crippen LogP contribution in [0.4, 0.5) is 4.39 Å². The highest BCUT2D eigenvalue weighted by Crippen LogP contribution is 2.33. The van der Waals surface area contributed by atoms with Crippen LogP contribution in [0.3, 0.4) is 0 Å². The molecule has 0 saturated carbocycles. The summed E-state index contributed by atoms with van der Waals surface area (Å²) < 4.78 is 13.4. The fourth-order valence-corrected chi connectivity index (χ4v) is 3.82. The van der Waals surface area contributed by atoms with Crippen molar-refractivity contribution >= 4 is 27.5 Å². The van der Waals surface area contributed by atoms with E-state index in [0.717, 1.165) is 50.1 Å². The van der Waals surface area contributed by atoms with Gasteiger partial charge >= 0.3 is 0 Å². The third-order valence-electron chi connectivity index (χ3n) is 5.40. The number of H-pyrrole nitrogens is 2. The molecule has 32 heavy (non-hydrogen) atoms. The molecule has 0 bridgehead atoms. The number of fused-ring (bicyclic) bond motifs is 2. The molecule has 0 radical (unpaired) electrons. The molecule has 4 heterocycles. The van der Waals surface area contributed by atoms with Crippen LogP contribution in [0.25, 0.3) is 50.2 Å². The Bertz CT molecular complexity index is 1500. The van der Waals surface area contributed by atoms with Crippen molar-refractivity contribution in [2.24, 2.45) is 0 Å². The Labute approximate surface area is 184 Å². The van der Waals surface area contributed by atoms with E-state index in [-0.39, 0.29) is 5.82 Å². The second-order valence-electron chi connectivity index (χ2n) is 7.34. The molecule has 0 saturated heterocycles. The van der Waals surface area contributed by atoms with Crippen LogP contribution in [-0.2, 0) is 0 Å². The predicted molar refractivity (Wildman–Crippen MR) is 127 cm³/mol. The number of halogens is 1. The van der Waals surface area contributed by atoms with Gasteiger partial charge in [0, 0.05) is 39.8 Å². The summed E-state index contributed by atoms with van der Waals surface area (Å²) in [5.41, 5.74) is 6.98. The molecule has 5 aromatic rings. The van der Waals surface area contributed by atoms with E-state index in [2.05, 4.69) is 37.8 Å². The molecule has 0 fully saturated rings. The van der Waals surface area contributed by atoms with E-state index in [1.165, 1.54) is 12.1 Å².